The topological polar surface area (TPSA) is 76.1 Å². The molecular weight excluding hydrogens is 481 g/mol. The molecule has 0 saturated carbocycles. The van der Waals surface area contributed by atoms with Gasteiger partial charge in [-0.1, -0.05) is 59.3 Å². The fraction of sp³-hybridized carbons (Fsp3) is 0.190. The van der Waals surface area contributed by atoms with E-state index >= 15 is 0 Å². The van der Waals surface area contributed by atoms with Gasteiger partial charge in [-0.2, -0.15) is 0 Å². The number of thiocarbonyl (C=S) groups is 1. The highest BCUT2D eigenvalue weighted by Gasteiger charge is 2.33. The Morgan fingerprint density at radius 3 is 2.65 bits per heavy atom. The number of carbonyl (C=O) groups excluding carboxylic acids is 1. The van der Waals surface area contributed by atoms with Gasteiger partial charge in [0, 0.05) is 15.6 Å². The van der Waals surface area contributed by atoms with Gasteiger partial charge in [0.1, 0.15) is 17.5 Å². The Morgan fingerprint density at radius 1 is 1.19 bits per heavy atom. The minimum absolute atomic E-state index is 0.212. The van der Waals surface area contributed by atoms with E-state index in [1.165, 1.54) is 0 Å². The first kappa shape index (κ1) is 23.4. The Morgan fingerprint density at radius 2 is 1.97 bits per heavy atom. The number of rotatable bonds is 8. The number of nitrogens with zero attached hydrogens (tertiary/aromatic N) is 1. The Hall–Kier alpha value is -2.26. The van der Waals surface area contributed by atoms with E-state index in [0.29, 0.717) is 38.6 Å². The fourth-order valence-corrected chi connectivity index (χ4v) is 4.44. The highest BCUT2D eigenvalue weighted by molar-refractivity contribution is 8.26. The third-order valence-electron chi connectivity index (χ3n) is 4.13. The van der Waals surface area contributed by atoms with Crippen molar-refractivity contribution in [1.29, 1.82) is 0 Å². The first-order valence-electron chi connectivity index (χ1n) is 9.09. The first-order valence-corrected chi connectivity index (χ1v) is 11.1. The monoisotopic (exact) mass is 497 g/mol. The van der Waals surface area contributed by atoms with Gasteiger partial charge in [-0.05, 0) is 42.8 Å². The van der Waals surface area contributed by atoms with Gasteiger partial charge in [0.05, 0.1) is 11.5 Å². The predicted molar refractivity (Wildman–Crippen MR) is 126 cm³/mol. The van der Waals surface area contributed by atoms with Crippen LogP contribution in [0.5, 0.6) is 11.5 Å². The van der Waals surface area contributed by atoms with E-state index in [2.05, 4.69) is 0 Å². The smallest absolute Gasteiger partial charge is 0.323 e. The first-order chi connectivity index (χ1) is 14.8. The largest absolute Gasteiger partial charge is 0.490 e. The number of amides is 1. The summed E-state index contributed by atoms with van der Waals surface area (Å²) in [4.78, 5) is 24.8. The normalized spacial score (nSPS) is 14.9. The van der Waals surface area contributed by atoms with Crippen LogP contribution in [0.15, 0.2) is 41.3 Å². The zero-order valence-corrected chi connectivity index (χ0v) is 19.4. The van der Waals surface area contributed by atoms with Gasteiger partial charge in [0.2, 0.25) is 0 Å². The van der Waals surface area contributed by atoms with Gasteiger partial charge in [0.25, 0.3) is 5.91 Å². The maximum absolute atomic E-state index is 12.5. The van der Waals surface area contributed by atoms with Crippen molar-refractivity contribution in [3.8, 4) is 11.5 Å². The van der Waals surface area contributed by atoms with Crippen molar-refractivity contribution in [1.82, 2.24) is 4.90 Å². The standard InChI is InChI=1S/C21H17Cl2NO5S2/c1-2-28-17-7-12(8-18-20(27)24(10-19(25)26)21(30)31-18)3-6-16(17)29-11-13-4-5-14(22)9-15(13)23/h3-9H,2,10-11H2,1H3,(H,25,26)/b18-8+. The molecule has 31 heavy (non-hydrogen) atoms. The van der Waals surface area contributed by atoms with E-state index in [9.17, 15) is 9.59 Å². The lowest BCUT2D eigenvalue weighted by atomic mass is 10.1. The molecule has 2 aromatic rings. The lowest BCUT2D eigenvalue weighted by Gasteiger charge is -2.13. The molecule has 1 aliphatic heterocycles. The number of benzene rings is 2. The van der Waals surface area contributed by atoms with Gasteiger partial charge in [0.15, 0.2) is 11.5 Å². The summed E-state index contributed by atoms with van der Waals surface area (Å²) in [5.41, 5.74) is 1.47. The zero-order valence-electron chi connectivity index (χ0n) is 16.3. The Kier molecular flexibility index (Phi) is 7.83. The van der Waals surface area contributed by atoms with Crippen molar-refractivity contribution in [3.05, 3.63) is 62.5 Å². The number of aliphatic carboxylic acids is 1. The number of hydrogen-bond acceptors (Lipinski definition) is 6. The zero-order chi connectivity index (χ0) is 22.5. The van der Waals surface area contributed by atoms with Crippen LogP contribution in [0, 0.1) is 0 Å². The Labute approximate surface area is 198 Å². The van der Waals surface area contributed by atoms with Crippen molar-refractivity contribution in [3.63, 3.8) is 0 Å². The average molecular weight is 498 g/mol. The molecule has 0 bridgehead atoms. The van der Waals surface area contributed by atoms with E-state index in [1.807, 2.05) is 6.92 Å². The van der Waals surface area contributed by atoms with E-state index in [0.717, 1.165) is 22.2 Å². The van der Waals surface area contributed by atoms with Crippen LogP contribution in [-0.2, 0) is 16.2 Å². The highest BCUT2D eigenvalue weighted by atomic mass is 35.5. The van der Waals surface area contributed by atoms with Crippen LogP contribution < -0.4 is 9.47 Å². The van der Waals surface area contributed by atoms with Crippen LogP contribution >= 0.6 is 47.2 Å². The molecule has 1 amide bonds. The molecule has 0 aliphatic carbocycles. The molecule has 2 aromatic carbocycles. The summed E-state index contributed by atoms with van der Waals surface area (Å²) in [6, 6.07) is 10.4. The van der Waals surface area contributed by atoms with Crippen LogP contribution in [0.2, 0.25) is 10.0 Å². The molecule has 1 heterocycles. The van der Waals surface area contributed by atoms with Crippen molar-refractivity contribution in [2.24, 2.45) is 0 Å². The van der Waals surface area contributed by atoms with Gasteiger partial charge in [-0.3, -0.25) is 14.5 Å². The second kappa shape index (κ2) is 10.4. The third-order valence-corrected chi connectivity index (χ3v) is 6.10. The minimum Gasteiger partial charge on any atom is -0.490 e. The number of carbonyl (C=O) groups is 2. The maximum Gasteiger partial charge on any atom is 0.323 e. The Balaban J connectivity index is 1.80. The van der Waals surface area contributed by atoms with E-state index in [-0.39, 0.29) is 10.9 Å². The number of carboxylic acid groups (broad SMARTS) is 1. The molecule has 1 saturated heterocycles. The van der Waals surface area contributed by atoms with Crippen molar-refractivity contribution in [2.75, 3.05) is 13.2 Å². The number of thioether (sulfide) groups is 1. The van der Waals surface area contributed by atoms with Crippen molar-refractivity contribution >= 4 is 69.5 Å². The summed E-state index contributed by atoms with van der Waals surface area (Å²) < 4.78 is 11.8. The van der Waals surface area contributed by atoms with Gasteiger partial charge in [-0.25, -0.2) is 0 Å². The van der Waals surface area contributed by atoms with E-state index < -0.39 is 18.4 Å². The van der Waals surface area contributed by atoms with Crippen molar-refractivity contribution in [2.45, 2.75) is 13.5 Å². The van der Waals surface area contributed by atoms with Gasteiger partial charge >= 0.3 is 5.97 Å². The summed E-state index contributed by atoms with van der Waals surface area (Å²) in [7, 11) is 0. The quantitative estimate of drug-likeness (QED) is 0.393. The highest BCUT2D eigenvalue weighted by Crippen LogP contribution is 2.35. The van der Waals surface area contributed by atoms with E-state index in [4.69, 9.17) is 50.0 Å². The molecule has 0 radical (unpaired) electrons. The van der Waals surface area contributed by atoms with Gasteiger partial charge < -0.3 is 14.6 Å². The molecule has 0 spiro atoms. The van der Waals surface area contributed by atoms with Crippen LogP contribution in [0.25, 0.3) is 6.08 Å². The summed E-state index contributed by atoms with van der Waals surface area (Å²) in [6.07, 6.45) is 1.64. The molecule has 0 aromatic heterocycles. The molecule has 162 valence electrons. The minimum atomic E-state index is -1.13. The number of ether oxygens (including phenoxy) is 2. The van der Waals surface area contributed by atoms with Gasteiger partial charge in [-0.15, -0.1) is 0 Å². The number of halogens is 2. The SMILES string of the molecule is CCOc1cc(/C=C2/SC(=S)N(CC(=O)O)C2=O)ccc1OCc1ccc(Cl)cc1Cl. The average Bonchev–Trinajstić information content (AvgIpc) is 2.96. The van der Waals surface area contributed by atoms with Crippen LogP contribution in [0.1, 0.15) is 18.1 Å². The molecule has 1 fully saturated rings. The molecule has 1 N–H and O–H groups in total. The molecule has 3 rings (SSSR count). The molecule has 0 atom stereocenters. The molecular formula is C21H17Cl2NO5S2. The van der Waals surface area contributed by atoms with Crippen LogP contribution in [-0.4, -0.2) is 39.4 Å². The second-order valence-corrected chi connectivity index (χ2v) is 8.84. The van der Waals surface area contributed by atoms with E-state index in [1.54, 1.807) is 42.5 Å². The fourth-order valence-electron chi connectivity index (χ4n) is 2.72. The van der Waals surface area contributed by atoms with Crippen LogP contribution in [0.3, 0.4) is 0 Å². The molecule has 0 unspecified atom stereocenters. The summed E-state index contributed by atoms with van der Waals surface area (Å²) in [5.74, 6) is -0.544. The summed E-state index contributed by atoms with van der Waals surface area (Å²) in [6.45, 7) is 2.03. The number of carboxylic acids is 1. The predicted octanol–water partition coefficient (Wildman–Crippen LogP) is 5.26. The Bertz CT molecular complexity index is 1070. The summed E-state index contributed by atoms with van der Waals surface area (Å²) in [5, 5.41) is 10.00. The molecule has 1 aliphatic rings. The van der Waals surface area contributed by atoms with Crippen molar-refractivity contribution < 1.29 is 24.2 Å². The summed E-state index contributed by atoms with van der Waals surface area (Å²) >= 11 is 18.3. The second-order valence-electron chi connectivity index (χ2n) is 6.33. The van der Waals surface area contributed by atoms with Crippen LogP contribution in [0.4, 0.5) is 0 Å². The molecule has 6 nitrogen and oxygen atoms in total. The molecule has 10 heteroatoms. The lowest BCUT2D eigenvalue weighted by molar-refractivity contribution is -0.140. The lowest BCUT2D eigenvalue weighted by Crippen LogP contribution is -2.33. The maximum atomic E-state index is 12.5. The third kappa shape index (κ3) is 5.92. The number of hydrogen-bond donors (Lipinski definition) is 1.